The minimum Gasteiger partial charge on any atom is -0.339 e. The molecule has 1 aliphatic rings. The lowest BCUT2D eigenvalue weighted by molar-refractivity contribution is -0.117. The smallest absolute Gasteiger partial charge is 0.316 e. The molecule has 1 fully saturated rings. The Hall–Kier alpha value is -3.72. The van der Waals surface area contributed by atoms with Gasteiger partial charge in [-0.1, -0.05) is 36.7 Å². The molecular formula is C24H22ClN5O4. The van der Waals surface area contributed by atoms with Crippen LogP contribution in [0, 0.1) is 5.92 Å². The number of aromatic nitrogens is 4. The van der Waals surface area contributed by atoms with Crippen LogP contribution in [0.25, 0.3) is 22.4 Å². The predicted molar refractivity (Wildman–Crippen MR) is 128 cm³/mol. The molecule has 9 nitrogen and oxygen atoms in total. The van der Waals surface area contributed by atoms with E-state index in [2.05, 4.69) is 15.1 Å². The first-order valence-electron chi connectivity index (χ1n) is 11.0. The Balaban J connectivity index is 1.44. The minimum absolute atomic E-state index is 0.0431. The van der Waals surface area contributed by atoms with Crippen LogP contribution in [0.3, 0.4) is 0 Å². The van der Waals surface area contributed by atoms with Gasteiger partial charge in [-0.05, 0) is 42.3 Å². The van der Waals surface area contributed by atoms with Gasteiger partial charge in [-0.25, -0.2) is 0 Å². The number of fused-ring (bicyclic) bond motifs is 1. The van der Waals surface area contributed by atoms with Crippen molar-refractivity contribution < 1.29 is 9.32 Å². The normalized spacial score (nSPS) is 16.2. The van der Waals surface area contributed by atoms with Crippen LogP contribution in [0.15, 0.2) is 56.6 Å². The third-order valence-corrected chi connectivity index (χ3v) is 6.05. The molecule has 1 saturated heterocycles. The molecule has 0 bridgehead atoms. The van der Waals surface area contributed by atoms with Crippen LogP contribution < -0.4 is 16.0 Å². The number of hydrogen-bond donors (Lipinski definition) is 1. The molecule has 5 rings (SSSR count). The van der Waals surface area contributed by atoms with E-state index < -0.39 is 11.1 Å². The number of H-pyrrole nitrogens is 1. The second kappa shape index (κ2) is 8.57. The highest BCUT2D eigenvalue weighted by atomic mass is 35.5. The van der Waals surface area contributed by atoms with Crippen LogP contribution >= 0.6 is 11.6 Å². The number of aromatic amines is 1. The fraction of sp³-hybridized carbons (Fsp3) is 0.292. The molecule has 1 N–H and O–H groups in total. The molecule has 0 spiro atoms. The molecule has 0 radical (unpaired) electrons. The van der Waals surface area contributed by atoms with Gasteiger partial charge in [-0.15, -0.1) is 0 Å². The monoisotopic (exact) mass is 479 g/mol. The number of amides is 1. The van der Waals surface area contributed by atoms with Gasteiger partial charge in [-0.3, -0.25) is 14.4 Å². The summed E-state index contributed by atoms with van der Waals surface area (Å²) in [6, 6.07) is 12.4. The number of nitrogens with one attached hydrogen (secondary N) is 1. The fourth-order valence-electron chi connectivity index (χ4n) is 4.25. The van der Waals surface area contributed by atoms with Crippen LogP contribution in [0.2, 0.25) is 5.02 Å². The Morgan fingerprint density at radius 2 is 2.00 bits per heavy atom. The number of carbonyl (C=O) groups is 1. The van der Waals surface area contributed by atoms with E-state index in [4.69, 9.17) is 16.1 Å². The molecule has 0 aliphatic carbocycles. The molecule has 4 aromatic rings. The van der Waals surface area contributed by atoms with E-state index in [1.165, 1.54) is 4.57 Å². The second-order valence-corrected chi connectivity index (χ2v) is 9.27. The Morgan fingerprint density at radius 3 is 2.76 bits per heavy atom. The Bertz CT molecular complexity index is 1520. The zero-order valence-corrected chi connectivity index (χ0v) is 19.4. The Labute approximate surface area is 199 Å². The van der Waals surface area contributed by atoms with E-state index in [1.54, 1.807) is 41.3 Å². The molecule has 0 unspecified atom stereocenters. The first-order valence-corrected chi connectivity index (χ1v) is 11.3. The van der Waals surface area contributed by atoms with Gasteiger partial charge in [0, 0.05) is 35.8 Å². The molecule has 1 amide bonds. The van der Waals surface area contributed by atoms with Crippen molar-refractivity contribution in [2.75, 3.05) is 11.4 Å². The average Bonchev–Trinajstić information content (AvgIpc) is 3.43. The van der Waals surface area contributed by atoms with Gasteiger partial charge in [0.1, 0.15) is 0 Å². The summed E-state index contributed by atoms with van der Waals surface area (Å²) in [6.07, 6.45) is 0.251. The molecule has 174 valence electrons. The van der Waals surface area contributed by atoms with Crippen molar-refractivity contribution in [1.82, 2.24) is 19.7 Å². The summed E-state index contributed by atoms with van der Waals surface area (Å²) in [5.74, 6) is 0.615. The molecule has 3 heterocycles. The maximum absolute atomic E-state index is 12.6. The number of hydrogen-bond acceptors (Lipinski definition) is 6. The third-order valence-electron chi connectivity index (χ3n) is 5.82. The van der Waals surface area contributed by atoms with Crippen molar-refractivity contribution in [3.63, 3.8) is 0 Å². The third kappa shape index (κ3) is 4.03. The number of anilines is 1. The summed E-state index contributed by atoms with van der Waals surface area (Å²) in [5, 5.41) is 4.65. The molecule has 1 aliphatic heterocycles. The van der Waals surface area contributed by atoms with E-state index in [9.17, 15) is 14.4 Å². The molecular weight excluding hydrogens is 458 g/mol. The molecule has 0 saturated carbocycles. The first kappa shape index (κ1) is 22.1. The lowest BCUT2D eigenvalue weighted by Gasteiger charge is -2.16. The SMILES string of the molecule is CC(C)Cn1c(=O)c(=O)[nH]c2cc(-c3noc([C@H]4CC(=O)N(c5cccc(Cl)c5)C4)n3)ccc21. The van der Waals surface area contributed by atoms with E-state index in [1.807, 2.05) is 19.9 Å². The van der Waals surface area contributed by atoms with Crippen molar-refractivity contribution in [3.8, 4) is 11.4 Å². The van der Waals surface area contributed by atoms with Crippen LogP contribution in [-0.2, 0) is 11.3 Å². The van der Waals surface area contributed by atoms with Crippen LogP contribution in [0.5, 0.6) is 0 Å². The zero-order valence-electron chi connectivity index (χ0n) is 18.6. The maximum Gasteiger partial charge on any atom is 0.316 e. The molecule has 2 aromatic carbocycles. The van der Waals surface area contributed by atoms with Gasteiger partial charge in [0.15, 0.2) is 0 Å². The summed E-state index contributed by atoms with van der Waals surface area (Å²) < 4.78 is 6.98. The number of nitrogens with zero attached hydrogens (tertiary/aromatic N) is 4. The lowest BCUT2D eigenvalue weighted by atomic mass is 10.1. The Kier molecular flexibility index (Phi) is 5.57. The van der Waals surface area contributed by atoms with Crippen molar-refractivity contribution in [3.05, 3.63) is 74.1 Å². The topological polar surface area (TPSA) is 114 Å². The van der Waals surface area contributed by atoms with E-state index >= 15 is 0 Å². The number of halogens is 1. The standard InChI is InChI=1S/C24H22ClN5O4/c1-13(2)11-30-19-7-6-14(8-18(19)26-22(32)24(30)33)21-27-23(34-28-21)15-9-20(31)29(12-15)17-5-3-4-16(25)10-17/h3-8,10,13,15H,9,11-12H2,1-2H3,(H,26,32)/t15-/m0/s1. The molecule has 34 heavy (non-hydrogen) atoms. The first-order chi connectivity index (χ1) is 16.3. The maximum atomic E-state index is 12.6. The van der Waals surface area contributed by atoms with Crippen LogP contribution in [0.1, 0.15) is 32.1 Å². The van der Waals surface area contributed by atoms with E-state index in [0.29, 0.717) is 46.4 Å². The van der Waals surface area contributed by atoms with Gasteiger partial charge in [0.2, 0.25) is 17.6 Å². The van der Waals surface area contributed by atoms with Gasteiger partial charge in [0.05, 0.1) is 17.0 Å². The van der Waals surface area contributed by atoms with Crippen LogP contribution in [0.4, 0.5) is 5.69 Å². The number of benzene rings is 2. The number of rotatable bonds is 5. The lowest BCUT2D eigenvalue weighted by Crippen LogP contribution is -2.37. The highest BCUT2D eigenvalue weighted by Crippen LogP contribution is 2.33. The van der Waals surface area contributed by atoms with Gasteiger partial charge in [0.25, 0.3) is 0 Å². The largest absolute Gasteiger partial charge is 0.339 e. The van der Waals surface area contributed by atoms with Crippen LogP contribution in [-0.4, -0.2) is 32.1 Å². The Morgan fingerprint density at radius 1 is 1.18 bits per heavy atom. The van der Waals surface area contributed by atoms with Crippen molar-refractivity contribution in [2.24, 2.45) is 5.92 Å². The van der Waals surface area contributed by atoms with Gasteiger partial charge < -0.3 is 19.0 Å². The summed E-state index contributed by atoms with van der Waals surface area (Å²) in [6.45, 7) is 4.81. The number of carbonyl (C=O) groups excluding carboxylic acids is 1. The summed E-state index contributed by atoms with van der Waals surface area (Å²) in [5.41, 5.74) is 1.24. The zero-order chi connectivity index (χ0) is 24.0. The second-order valence-electron chi connectivity index (χ2n) is 8.84. The highest BCUT2D eigenvalue weighted by molar-refractivity contribution is 6.30. The molecule has 1 atom stereocenters. The van der Waals surface area contributed by atoms with E-state index in [-0.39, 0.29) is 24.2 Å². The summed E-state index contributed by atoms with van der Waals surface area (Å²) in [4.78, 5) is 45.9. The molecule has 2 aromatic heterocycles. The highest BCUT2D eigenvalue weighted by Gasteiger charge is 2.35. The molecule has 10 heteroatoms. The quantitative estimate of drug-likeness (QED) is 0.438. The van der Waals surface area contributed by atoms with Crippen molar-refractivity contribution >= 4 is 34.2 Å². The minimum atomic E-state index is -0.676. The van der Waals surface area contributed by atoms with Gasteiger partial charge in [-0.2, -0.15) is 4.98 Å². The summed E-state index contributed by atoms with van der Waals surface area (Å²) >= 11 is 6.07. The van der Waals surface area contributed by atoms with Crippen molar-refractivity contribution in [1.29, 1.82) is 0 Å². The summed E-state index contributed by atoms with van der Waals surface area (Å²) in [7, 11) is 0. The van der Waals surface area contributed by atoms with Crippen molar-refractivity contribution in [2.45, 2.75) is 32.7 Å². The fourth-order valence-corrected chi connectivity index (χ4v) is 4.43. The van der Waals surface area contributed by atoms with Gasteiger partial charge >= 0.3 is 11.1 Å². The average molecular weight is 480 g/mol. The van der Waals surface area contributed by atoms with E-state index in [0.717, 1.165) is 5.69 Å². The predicted octanol–water partition coefficient (Wildman–Crippen LogP) is 3.57.